The van der Waals surface area contributed by atoms with E-state index in [4.69, 9.17) is 25.7 Å². The molecule has 2 N–H and O–H groups in total. The quantitative estimate of drug-likeness (QED) is 0.123. The molecule has 5 heteroatoms. The zero-order valence-electron chi connectivity index (χ0n) is 28.5. The predicted octanol–water partition coefficient (Wildman–Crippen LogP) is 10.7. The Labute approximate surface area is 303 Å². The van der Waals surface area contributed by atoms with Crippen molar-refractivity contribution < 1.29 is 0 Å². The second kappa shape index (κ2) is 14.9. The molecule has 0 aliphatic rings. The van der Waals surface area contributed by atoms with Gasteiger partial charge in [0.2, 0.25) is 0 Å². The van der Waals surface area contributed by atoms with Crippen LogP contribution in [0.4, 0.5) is 0 Å². The van der Waals surface area contributed by atoms with E-state index in [-0.39, 0.29) is 0 Å². The largest absolute Gasteiger partial charge is 0.383 e. The van der Waals surface area contributed by atoms with Gasteiger partial charge in [-0.3, -0.25) is 0 Å². The Morgan fingerprint density at radius 2 is 1.00 bits per heavy atom. The Morgan fingerprint density at radius 1 is 0.481 bits per heavy atom. The number of aromatic nitrogens is 3. The lowest BCUT2D eigenvalue weighted by Crippen LogP contribution is -2.13. The Hall–Kier alpha value is -6.98. The molecule has 7 aromatic carbocycles. The first kappa shape index (κ1) is 32.2. The first-order valence-electron chi connectivity index (χ1n) is 17.3. The van der Waals surface area contributed by atoms with Gasteiger partial charge in [-0.25, -0.2) is 19.9 Å². The zero-order chi connectivity index (χ0) is 35.1. The Balaban J connectivity index is 1.20. The van der Waals surface area contributed by atoms with Crippen LogP contribution < -0.4 is 5.73 Å². The maximum absolute atomic E-state index is 6.47. The van der Waals surface area contributed by atoms with Crippen LogP contribution in [0.5, 0.6) is 0 Å². The standard InChI is InChI=1S/C47H35N5/c48-44(37-18-7-2-8-19-37)49-42(35-16-5-1-6-17-35)32-27-33-25-28-36(29-26-33)43-40-24-14-13-15-34(40)30-31-41(43)47-51-45(38-20-9-3-10-21-38)50-46(52-47)39-22-11-4-12-23-39/h1-26,28-32H,27H2,(H2,48,49)/b42-32-. The van der Waals surface area contributed by atoms with Gasteiger partial charge >= 0.3 is 0 Å². The monoisotopic (exact) mass is 669 g/mol. The van der Waals surface area contributed by atoms with E-state index in [1.807, 2.05) is 109 Å². The van der Waals surface area contributed by atoms with E-state index in [9.17, 15) is 0 Å². The molecule has 0 aliphatic carbocycles. The Morgan fingerprint density at radius 3 is 1.62 bits per heavy atom. The molecule has 248 valence electrons. The summed E-state index contributed by atoms with van der Waals surface area (Å²) in [6, 6.07) is 61.7. The molecule has 52 heavy (non-hydrogen) atoms. The highest BCUT2D eigenvalue weighted by Crippen LogP contribution is 2.38. The van der Waals surface area contributed by atoms with Crippen LogP contribution in [0, 0.1) is 0 Å². The van der Waals surface area contributed by atoms with Gasteiger partial charge in [0.15, 0.2) is 17.5 Å². The number of benzene rings is 7. The van der Waals surface area contributed by atoms with E-state index in [0.717, 1.165) is 61.0 Å². The molecular weight excluding hydrogens is 635 g/mol. The van der Waals surface area contributed by atoms with Gasteiger partial charge < -0.3 is 5.73 Å². The van der Waals surface area contributed by atoms with Crippen molar-refractivity contribution in [3.63, 3.8) is 0 Å². The van der Waals surface area contributed by atoms with Crippen molar-refractivity contribution in [3.8, 4) is 45.3 Å². The number of allylic oxidation sites excluding steroid dienone is 1. The molecule has 0 bridgehead atoms. The van der Waals surface area contributed by atoms with Gasteiger partial charge in [-0.1, -0.05) is 182 Å². The smallest absolute Gasteiger partial charge is 0.164 e. The van der Waals surface area contributed by atoms with Gasteiger partial charge in [-0.15, -0.1) is 0 Å². The Bertz CT molecular complexity index is 2450. The minimum absolute atomic E-state index is 0.485. The molecule has 1 aromatic heterocycles. The first-order chi connectivity index (χ1) is 25.7. The van der Waals surface area contributed by atoms with Crippen LogP contribution in [0.1, 0.15) is 16.7 Å². The van der Waals surface area contributed by atoms with E-state index in [0.29, 0.717) is 29.7 Å². The van der Waals surface area contributed by atoms with Gasteiger partial charge in [0.05, 0.1) is 5.70 Å². The second-order valence-corrected chi connectivity index (χ2v) is 12.5. The lowest BCUT2D eigenvalue weighted by Gasteiger charge is -2.15. The van der Waals surface area contributed by atoms with Crippen molar-refractivity contribution in [3.05, 3.63) is 205 Å². The van der Waals surface area contributed by atoms with E-state index < -0.39 is 0 Å². The molecule has 8 rings (SSSR count). The van der Waals surface area contributed by atoms with E-state index >= 15 is 0 Å². The molecule has 0 spiro atoms. The van der Waals surface area contributed by atoms with E-state index in [2.05, 4.69) is 78.9 Å². The number of nitrogens with zero attached hydrogens (tertiary/aromatic N) is 4. The zero-order valence-corrected chi connectivity index (χ0v) is 28.5. The molecule has 0 radical (unpaired) electrons. The topological polar surface area (TPSA) is 77.0 Å². The van der Waals surface area contributed by atoms with Crippen LogP contribution in [-0.4, -0.2) is 20.8 Å². The summed E-state index contributed by atoms with van der Waals surface area (Å²) in [7, 11) is 0. The highest BCUT2D eigenvalue weighted by atomic mass is 15.0. The summed E-state index contributed by atoms with van der Waals surface area (Å²) in [5, 5.41) is 2.28. The average Bonchev–Trinajstić information content (AvgIpc) is 3.23. The second-order valence-electron chi connectivity index (χ2n) is 12.5. The maximum Gasteiger partial charge on any atom is 0.164 e. The van der Waals surface area contributed by atoms with E-state index in [1.54, 1.807) is 0 Å². The molecule has 8 aromatic rings. The lowest BCUT2D eigenvalue weighted by molar-refractivity contribution is 1.07. The highest BCUT2D eigenvalue weighted by molar-refractivity contribution is 6.03. The third kappa shape index (κ3) is 7.02. The first-order valence-corrected chi connectivity index (χ1v) is 17.3. The third-order valence-corrected chi connectivity index (χ3v) is 9.02. The van der Waals surface area contributed by atoms with Crippen LogP contribution in [0.2, 0.25) is 0 Å². The minimum atomic E-state index is 0.485. The minimum Gasteiger partial charge on any atom is -0.383 e. The van der Waals surface area contributed by atoms with Crippen LogP contribution in [0.15, 0.2) is 193 Å². The molecule has 0 fully saturated rings. The molecule has 0 aliphatic heterocycles. The van der Waals surface area contributed by atoms with Crippen LogP contribution in [-0.2, 0) is 6.42 Å². The average molecular weight is 670 g/mol. The van der Waals surface area contributed by atoms with Crippen molar-refractivity contribution in [2.24, 2.45) is 10.7 Å². The van der Waals surface area contributed by atoms with Crippen molar-refractivity contribution in [1.29, 1.82) is 0 Å². The summed E-state index contributed by atoms with van der Waals surface area (Å²) in [5.41, 5.74) is 15.4. The highest BCUT2D eigenvalue weighted by Gasteiger charge is 2.18. The van der Waals surface area contributed by atoms with Crippen LogP contribution in [0.3, 0.4) is 0 Å². The molecule has 0 saturated carbocycles. The van der Waals surface area contributed by atoms with Crippen LogP contribution >= 0.6 is 0 Å². The summed E-state index contributed by atoms with van der Waals surface area (Å²) in [4.78, 5) is 20.0. The number of hydrogen-bond donors (Lipinski definition) is 1. The maximum atomic E-state index is 6.47. The summed E-state index contributed by atoms with van der Waals surface area (Å²) in [6.07, 6.45) is 2.83. The fourth-order valence-corrected chi connectivity index (χ4v) is 6.36. The van der Waals surface area contributed by atoms with Crippen molar-refractivity contribution in [2.75, 3.05) is 0 Å². The molecule has 0 atom stereocenters. The van der Waals surface area contributed by atoms with Crippen LogP contribution in [0.25, 0.3) is 61.8 Å². The molecule has 5 nitrogen and oxygen atoms in total. The lowest BCUT2D eigenvalue weighted by atomic mass is 9.92. The predicted molar refractivity (Wildman–Crippen MR) is 214 cm³/mol. The van der Waals surface area contributed by atoms with Gasteiger partial charge in [0, 0.05) is 27.8 Å². The molecule has 1 heterocycles. The number of fused-ring (bicyclic) bond motifs is 1. The molecule has 0 saturated heterocycles. The SMILES string of the molecule is N/C(=N\C(=C/Cc1ccc(-c2c(-c3nc(-c4ccccc4)nc(-c4ccccc4)n3)ccc3ccccc23)cc1)c1ccccc1)c1ccccc1. The number of nitrogens with two attached hydrogens (primary N) is 1. The molecule has 0 amide bonds. The summed E-state index contributed by atoms with van der Waals surface area (Å²) < 4.78 is 0. The Kier molecular flexibility index (Phi) is 9.22. The summed E-state index contributed by atoms with van der Waals surface area (Å²) in [6.45, 7) is 0. The van der Waals surface area contributed by atoms with Gasteiger partial charge in [0.25, 0.3) is 0 Å². The van der Waals surface area contributed by atoms with Gasteiger partial charge in [0.1, 0.15) is 5.84 Å². The third-order valence-electron chi connectivity index (χ3n) is 9.02. The molecule has 0 unspecified atom stereocenters. The number of aliphatic imine (C=N–C) groups is 1. The van der Waals surface area contributed by atoms with E-state index in [1.165, 1.54) is 0 Å². The number of amidine groups is 1. The summed E-state index contributed by atoms with van der Waals surface area (Å²) >= 11 is 0. The normalized spacial score (nSPS) is 11.8. The fraction of sp³-hybridized carbons (Fsp3) is 0.0213. The number of hydrogen-bond acceptors (Lipinski definition) is 4. The fourth-order valence-electron chi connectivity index (χ4n) is 6.36. The number of rotatable bonds is 9. The van der Waals surface area contributed by atoms with Gasteiger partial charge in [-0.05, 0) is 39.9 Å². The van der Waals surface area contributed by atoms with Gasteiger partial charge in [-0.2, -0.15) is 0 Å². The summed E-state index contributed by atoms with van der Waals surface area (Å²) in [5.74, 6) is 2.38. The molecular formula is C47H35N5. The van der Waals surface area contributed by atoms with Crippen molar-refractivity contribution >= 4 is 22.3 Å². The van der Waals surface area contributed by atoms with Crippen molar-refractivity contribution in [2.45, 2.75) is 6.42 Å². The van der Waals surface area contributed by atoms with Crippen molar-refractivity contribution in [1.82, 2.24) is 15.0 Å².